The zero-order valence-electron chi connectivity index (χ0n) is 14.0. The van der Waals surface area contributed by atoms with Crippen LogP contribution in [0.5, 0.6) is 0 Å². The summed E-state index contributed by atoms with van der Waals surface area (Å²) < 4.78 is 0. The fraction of sp³-hybridized carbons (Fsp3) is 0.278. The molecule has 1 saturated heterocycles. The van der Waals surface area contributed by atoms with Gasteiger partial charge in [0.2, 0.25) is 0 Å². The molecule has 1 aliphatic rings. The molecule has 0 aromatic carbocycles. The van der Waals surface area contributed by atoms with E-state index in [1.807, 2.05) is 31.2 Å². The first kappa shape index (κ1) is 15.4. The maximum Gasteiger partial charge on any atom is 0.147 e. The summed E-state index contributed by atoms with van der Waals surface area (Å²) >= 11 is 0. The highest BCUT2D eigenvalue weighted by molar-refractivity contribution is 5.51. The second-order valence-corrected chi connectivity index (χ2v) is 6.09. The van der Waals surface area contributed by atoms with Crippen molar-refractivity contribution in [1.29, 1.82) is 0 Å². The monoisotopic (exact) mass is 333 g/mol. The van der Waals surface area contributed by atoms with E-state index in [2.05, 4.69) is 30.2 Å². The van der Waals surface area contributed by atoms with E-state index in [0.29, 0.717) is 0 Å². The van der Waals surface area contributed by atoms with Crippen molar-refractivity contribution in [3.63, 3.8) is 0 Å². The Morgan fingerprint density at radius 1 is 1.08 bits per heavy atom. The fourth-order valence-electron chi connectivity index (χ4n) is 3.04. The smallest absolute Gasteiger partial charge is 0.147 e. The van der Waals surface area contributed by atoms with Crippen molar-refractivity contribution in [3.8, 4) is 0 Å². The molecule has 25 heavy (non-hydrogen) atoms. The predicted molar refractivity (Wildman–Crippen MR) is 95.9 cm³/mol. The third-order valence-electron chi connectivity index (χ3n) is 4.22. The number of anilines is 3. The summed E-state index contributed by atoms with van der Waals surface area (Å²) in [5.74, 6) is 3.61. The molecule has 0 spiro atoms. The maximum atomic E-state index is 4.71. The molecule has 0 amide bonds. The Hall–Kier alpha value is -3.09. The van der Waals surface area contributed by atoms with E-state index in [1.54, 1.807) is 24.8 Å². The molecule has 126 valence electrons. The van der Waals surface area contributed by atoms with Gasteiger partial charge in [-0.15, -0.1) is 0 Å². The van der Waals surface area contributed by atoms with Gasteiger partial charge in [-0.25, -0.2) is 19.9 Å². The van der Waals surface area contributed by atoms with Crippen LogP contribution in [0.15, 0.2) is 49.1 Å². The number of rotatable bonds is 4. The lowest BCUT2D eigenvalue weighted by atomic mass is 10.1. The molecular formula is C18H19N7. The van der Waals surface area contributed by atoms with E-state index < -0.39 is 0 Å². The van der Waals surface area contributed by atoms with Crippen LogP contribution in [0.1, 0.15) is 23.9 Å². The molecule has 3 aromatic heterocycles. The van der Waals surface area contributed by atoms with Gasteiger partial charge in [0.05, 0.1) is 6.20 Å². The summed E-state index contributed by atoms with van der Waals surface area (Å²) in [6.07, 6.45) is 7.97. The quantitative estimate of drug-likeness (QED) is 0.786. The molecule has 0 saturated carbocycles. The third kappa shape index (κ3) is 3.55. The second-order valence-electron chi connectivity index (χ2n) is 6.09. The molecule has 3 aromatic rings. The molecule has 1 N–H and O–H groups in total. The van der Waals surface area contributed by atoms with Gasteiger partial charge in [0.25, 0.3) is 0 Å². The Balaban J connectivity index is 1.53. The van der Waals surface area contributed by atoms with Crippen molar-refractivity contribution in [2.75, 3.05) is 23.3 Å². The molecule has 1 aliphatic heterocycles. The Kier molecular flexibility index (Phi) is 4.20. The van der Waals surface area contributed by atoms with Crippen LogP contribution >= 0.6 is 0 Å². The SMILES string of the molecule is Cc1cc(Nc2ccccn2)nc([C@H]2CCN(c3cnccn3)C2)n1. The normalized spacial score (nSPS) is 16.8. The first-order valence-electron chi connectivity index (χ1n) is 8.32. The largest absolute Gasteiger partial charge is 0.355 e. The minimum Gasteiger partial charge on any atom is -0.355 e. The number of nitrogens with zero attached hydrogens (tertiary/aromatic N) is 6. The first-order valence-corrected chi connectivity index (χ1v) is 8.32. The zero-order valence-corrected chi connectivity index (χ0v) is 14.0. The van der Waals surface area contributed by atoms with E-state index in [-0.39, 0.29) is 5.92 Å². The standard InChI is InChI=1S/C18H19N7/c1-13-10-16(23-15-4-2-3-6-20-15)24-18(22-13)14-5-9-25(12-14)17-11-19-7-8-21-17/h2-4,6-8,10-11,14H,5,9,12H2,1H3,(H,20,22,23,24)/t14-/m0/s1. The molecule has 7 heteroatoms. The van der Waals surface area contributed by atoms with Crippen molar-refractivity contribution in [2.45, 2.75) is 19.3 Å². The highest BCUT2D eigenvalue weighted by Gasteiger charge is 2.27. The molecular weight excluding hydrogens is 314 g/mol. The highest BCUT2D eigenvalue weighted by atomic mass is 15.2. The van der Waals surface area contributed by atoms with Crippen LogP contribution in [-0.2, 0) is 0 Å². The van der Waals surface area contributed by atoms with E-state index in [4.69, 9.17) is 4.98 Å². The van der Waals surface area contributed by atoms with Crippen LogP contribution in [0.3, 0.4) is 0 Å². The molecule has 1 fully saturated rings. The average molecular weight is 333 g/mol. The number of pyridine rings is 1. The zero-order chi connectivity index (χ0) is 17.1. The van der Waals surface area contributed by atoms with Gasteiger partial charge < -0.3 is 10.2 Å². The van der Waals surface area contributed by atoms with Crippen LogP contribution in [0.25, 0.3) is 0 Å². The van der Waals surface area contributed by atoms with Crippen molar-refractivity contribution in [3.05, 3.63) is 60.6 Å². The first-order chi connectivity index (χ1) is 12.3. The van der Waals surface area contributed by atoms with Gasteiger partial charge in [-0.1, -0.05) is 6.07 Å². The summed E-state index contributed by atoms with van der Waals surface area (Å²) in [5.41, 5.74) is 0.946. The average Bonchev–Trinajstić information content (AvgIpc) is 3.13. The van der Waals surface area contributed by atoms with Crippen LogP contribution in [-0.4, -0.2) is 38.0 Å². The van der Waals surface area contributed by atoms with E-state index in [0.717, 1.165) is 48.5 Å². The van der Waals surface area contributed by atoms with Gasteiger partial charge in [-0.2, -0.15) is 0 Å². The number of nitrogens with one attached hydrogen (secondary N) is 1. The number of hydrogen-bond donors (Lipinski definition) is 1. The number of aryl methyl sites for hydroxylation is 1. The molecule has 0 aliphatic carbocycles. The van der Waals surface area contributed by atoms with Gasteiger partial charge in [0.1, 0.15) is 23.3 Å². The van der Waals surface area contributed by atoms with Crippen LogP contribution in [0, 0.1) is 6.92 Å². The van der Waals surface area contributed by atoms with E-state index in [9.17, 15) is 0 Å². The summed E-state index contributed by atoms with van der Waals surface area (Å²) in [6.45, 7) is 3.78. The minimum absolute atomic E-state index is 0.284. The molecule has 0 bridgehead atoms. The Bertz CT molecular complexity index is 839. The fourth-order valence-corrected chi connectivity index (χ4v) is 3.04. The van der Waals surface area contributed by atoms with E-state index >= 15 is 0 Å². The lowest BCUT2D eigenvalue weighted by molar-refractivity contribution is 0.705. The molecule has 1 atom stereocenters. The topological polar surface area (TPSA) is 79.7 Å². The summed E-state index contributed by atoms with van der Waals surface area (Å²) in [7, 11) is 0. The summed E-state index contributed by atoms with van der Waals surface area (Å²) in [4.78, 5) is 24.4. The van der Waals surface area contributed by atoms with Gasteiger partial charge in [-0.05, 0) is 25.5 Å². The Labute approximate surface area is 146 Å². The van der Waals surface area contributed by atoms with Gasteiger partial charge in [0, 0.05) is 49.4 Å². The molecule has 0 unspecified atom stereocenters. The van der Waals surface area contributed by atoms with Crippen molar-refractivity contribution in [2.24, 2.45) is 0 Å². The molecule has 0 radical (unpaired) electrons. The van der Waals surface area contributed by atoms with Crippen molar-refractivity contribution >= 4 is 17.5 Å². The summed E-state index contributed by atoms with van der Waals surface area (Å²) in [5, 5.41) is 3.25. The Morgan fingerprint density at radius 3 is 2.84 bits per heavy atom. The minimum atomic E-state index is 0.284. The van der Waals surface area contributed by atoms with Crippen molar-refractivity contribution < 1.29 is 0 Å². The van der Waals surface area contributed by atoms with E-state index in [1.165, 1.54) is 0 Å². The maximum absolute atomic E-state index is 4.71. The van der Waals surface area contributed by atoms with Gasteiger partial charge in [-0.3, -0.25) is 4.98 Å². The highest BCUT2D eigenvalue weighted by Crippen LogP contribution is 2.28. The van der Waals surface area contributed by atoms with Gasteiger partial charge >= 0.3 is 0 Å². The van der Waals surface area contributed by atoms with Gasteiger partial charge in [0.15, 0.2) is 0 Å². The van der Waals surface area contributed by atoms with Crippen LogP contribution < -0.4 is 10.2 Å². The van der Waals surface area contributed by atoms with Crippen molar-refractivity contribution in [1.82, 2.24) is 24.9 Å². The lowest BCUT2D eigenvalue weighted by Gasteiger charge is -2.16. The Morgan fingerprint density at radius 2 is 2.04 bits per heavy atom. The lowest BCUT2D eigenvalue weighted by Crippen LogP contribution is -2.21. The van der Waals surface area contributed by atoms with Crippen LogP contribution in [0.4, 0.5) is 17.5 Å². The van der Waals surface area contributed by atoms with Crippen LogP contribution in [0.2, 0.25) is 0 Å². The predicted octanol–water partition coefficient (Wildman–Crippen LogP) is 2.71. The molecule has 4 rings (SSSR count). The third-order valence-corrected chi connectivity index (χ3v) is 4.22. The summed E-state index contributed by atoms with van der Waals surface area (Å²) in [6, 6.07) is 7.69. The number of hydrogen-bond acceptors (Lipinski definition) is 7. The number of aromatic nitrogens is 5. The molecule has 4 heterocycles. The second kappa shape index (κ2) is 6.80. The molecule has 7 nitrogen and oxygen atoms in total.